The summed E-state index contributed by atoms with van der Waals surface area (Å²) in [6.45, 7) is 0.431. The van der Waals surface area contributed by atoms with E-state index in [1.165, 1.54) is 0 Å². The third kappa shape index (κ3) is 0.397. The highest BCUT2D eigenvalue weighted by Gasteiger charge is 2.11. The number of hydrogen-bond acceptors (Lipinski definition) is 3. The van der Waals surface area contributed by atoms with Crippen molar-refractivity contribution >= 4 is 0 Å². The van der Waals surface area contributed by atoms with E-state index in [0.29, 0.717) is 6.61 Å². The summed E-state index contributed by atoms with van der Waals surface area (Å²) >= 11 is 0. The highest BCUT2D eigenvalue weighted by molar-refractivity contribution is 4.47. The van der Waals surface area contributed by atoms with E-state index in [1.54, 1.807) is 0 Å². The van der Waals surface area contributed by atoms with Crippen molar-refractivity contribution in [3.8, 4) is 0 Å². The van der Waals surface area contributed by atoms with Crippen molar-refractivity contribution in [2.45, 2.75) is 6.23 Å². The van der Waals surface area contributed by atoms with Crippen LogP contribution >= 0.6 is 0 Å². The second-order valence-corrected chi connectivity index (χ2v) is 0.945. The van der Waals surface area contributed by atoms with Crippen molar-refractivity contribution in [2.75, 3.05) is 6.61 Å². The van der Waals surface area contributed by atoms with Gasteiger partial charge >= 0.3 is 0 Å². The lowest BCUT2D eigenvalue weighted by Crippen LogP contribution is -2.45. The van der Waals surface area contributed by atoms with Gasteiger partial charge in [-0.25, -0.2) is 0 Å². The van der Waals surface area contributed by atoms with Crippen LogP contribution < -0.4 is 5.48 Å². The van der Waals surface area contributed by atoms with Gasteiger partial charge in [0, 0.05) is 0 Å². The zero-order valence-electron chi connectivity index (χ0n) is 2.64. The molecule has 1 heterocycles. The molecule has 0 amide bonds. The first-order valence-electron chi connectivity index (χ1n) is 1.45. The van der Waals surface area contributed by atoms with E-state index in [4.69, 9.17) is 5.11 Å². The van der Waals surface area contributed by atoms with Gasteiger partial charge in [-0.2, -0.15) is 5.48 Å². The molecule has 30 valence electrons. The molecule has 5 heavy (non-hydrogen) atoms. The maximum atomic E-state index is 8.21. The fraction of sp³-hybridized carbons (Fsp3) is 1.00. The molecule has 0 spiro atoms. The molecule has 1 rings (SSSR count). The Labute approximate surface area is 29.5 Å². The SMILES string of the molecule is OC1CON1. The van der Waals surface area contributed by atoms with Crippen molar-refractivity contribution in [3.05, 3.63) is 0 Å². The van der Waals surface area contributed by atoms with Gasteiger partial charge in [0.05, 0.1) is 0 Å². The van der Waals surface area contributed by atoms with E-state index in [0.717, 1.165) is 0 Å². The van der Waals surface area contributed by atoms with Crippen LogP contribution in [-0.2, 0) is 4.84 Å². The normalized spacial score (nSPS) is 36.6. The molecule has 0 aromatic carbocycles. The molecule has 2 N–H and O–H groups in total. The quantitative estimate of drug-likeness (QED) is 0.381. The second-order valence-electron chi connectivity index (χ2n) is 0.945. The lowest BCUT2D eigenvalue weighted by molar-refractivity contribution is -0.183. The Morgan fingerprint density at radius 1 is 2.00 bits per heavy atom. The third-order valence-corrected chi connectivity index (χ3v) is 0.461. The van der Waals surface area contributed by atoms with E-state index in [2.05, 4.69) is 10.3 Å². The predicted octanol–water partition coefficient (Wildman–Crippen LogP) is -1.16. The monoisotopic (exact) mass is 75.0 g/mol. The van der Waals surface area contributed by atoms with E-state index in [1.807, 2.05) is 0 Å². The summed E-state index contributed by atoms with van der Waals surface area (Å²) in [6.07, 6.45) is -0.407. The Morgan fingerprint density at radius 2 is 2.40 bits per heavy atom. The summed E-state index contributed by atoms with van der Waals surface area (Å²) < 4.78 is 0. The minimum absolute atomic E-state index is 0.407. The molecular weight excluding hydrogens is 70.0 g/mol. The lowest BCUT2D eigenvalue weighted by Gasteiger charge is -2.20. The van der Waals surface area contributed by atoms with E-state index in [9.17, 15) is 0 Å². The molecule has 1 aliphatic rings. The largest absolute Gasteiger partial charge is 0.374 e. The summed E-state index contributed by atoms with van der Waals surface area (Å²) in [5.74, 6) is 0. The third-order valence-electron chi connectivity index (χ3n) is 0.461. The van der Waals surface area contributed by atoms with Crippen LogP contribution in [0.3, 0.4) is 0 Å². The average molecular weight is 75.1 g/mol. The van der Waals surface area contributed by atoms with Crippen LogP contribution in [-0.4, -0.2) is 17.9 Å². The zero-order valence-corrected chi connectivity index (χ0v) is 2.64. The average Bonchev–Trinajstić information content (AvgIpc) is 1.30. The lowest BCUT2D eigenvalue weighted by atomic mass is 10.6. The van der Waals surface area contributed by atoms with Crippen LogP contribution in [0.5, 0.6) is 0 Å². The maximum absolute atomic E-state index is 8.21. The molecule has 0 radical (unpaired) electrons. The van der Waals surface area contributed by atoms with Gasteiger partial charge in [0.25, 0.3) is 0 Å². The number of nitrogens with one attached hydrogen (secondary N) is 1. The first kappa shape index (κ1) is 3.08. The van der Waals surface area contributed by atoms with Crippen LogP contribution in [0.4, 0.5) is 0 Å². The predicted molar refractivity (Wildman–Crippen MR) is 15.1 cm³/mol. The number of hydroxylamine groups is 1. The molecule has 1 unspecified atom stereocenters. The van der Waals surface area contributed by atoms with E-state index in [-0.39, 0.29) is 0 Å². The minimum Gasteiger partial charge on any atom is -0.374 e. The zero-order chi connectivity index (χ0) is 3.70. The molecule has 0 saturated carbocycles. The molecule has 0 aliphatic carbocycles. The van der Waals surface area contributed by atoms with Gasteiger partial charge in [-0.05, 0) is 0 Å². The van der Waals surface area contributed by atoms with Gasteiger partial charge in [-0.15, -0.1) is 0 Å². The Bertz CT molecular complexity index is 34.6. The molecule has 3 nitrogen and oxygen atoms in total. The van der Waals surface area contributed by atoms with E-state index < -0.39 is 6.23 Å². The molecule has 0 aromatic rings. The van der Waals surface area contributed by atoms with Crippen LogP contribution in [0, 0.1) is 0 Å². The standard InChI is InChI=1S/C2H5NO2/c4-2-1-5-3-2/h2-4H,1H2. The number of aliphatic hydroxyl groups is 1. The molecular formula is C2H5NO2. The Balaban J connectivity index is 2.08. The number of aliphatic hydroxyl groups excluding tert-OH is 1. The first-order chi connectivity index (χ1) is 2.39. The highest BCUT2D eigenvalue weighted by Crippen LogP contribution is 1.86. The molecule has 1 fully saturated rings. The van der Waals surface area contributed by atoms with Crippen molar-refractivity contribution in [3.63, 3.8) is 0 Å². The topological polar surface area (TPSA) is 41.5 Å². The molecule has 0 aromatic heterocycles. The van der Waals surface area contributed by atoms with Gasteiger partial charge in [0.1, 0.15) is 6.61 Å². The Hall–Kier alpha value is -0.120. The van der Waals surface area contributed by atoms with Crippen LogP contribution in [0.15, 0.2) is 0 Å². The second kappa shape index (κ2) is 0.931. The molecule has 0 bridgehead atoms. The van der Waals surface area contributed by atoms with Crippen LogP contribution in [0.2, 0.25) is 0 Å². The molecule has 3 heteroatoms. The molecule has 1 aliphatic heterocycles. The minimum atomic E-state index is -0.407. The van der Waals surface area contributed by atoms with Gasteiger partial charge in [-0.1, -0.05) is 0 Å². The number of rotatable bonds is 0. The molecule has 1 atom stereocenters. The maximum Gasteiger partial charge on any atom is 0.152 e. The van der Waals surface area contributed by atoms with Crippen molar-refractivity contribution in [1.29, 1.82) is 0 Å². The van der Waals surface area contributed by atoms with Crippen molar-refractivity contribution in [2.24, 2.45) is 0 Å². The fourth-order valence-corrected chi connectivity index (χ4v) is 0.158. The Kier molecular flexibility index (Phi) is 0.574. The first-order valence-corrected chi connectivity index (χ1v) is 1.45. The van der Waals surface area contributed by atoms with Crippen molar-refractivity contribution < 1.29 is 9.94 Å². The van der Waals surface area contributed by atoms with Gasteiger partial charge < -0.3 is 5.11 Å². The molecule has 1 saturated heterocycles. The van der Waals surface area contributed by atoms with Gasteiger partial charge in [0.15, 0.2) is 6.23 Å². The summed E-state index contributed by atoms with van der Waals surface area (Å²) in [4.78, 5) is 4.33. The number of hydrogen-bond donors (Lipinski definition) is 2. The fourth-order valence-electron chi connectivity index (χ4n) is 0.158. The van der Waals surface area contributed by atoms with Gasteiger partial charge in [-0.3, -0.25) is 4.84 Å². The van der Waals surface area contributed by atoms with Crippen LogP contribution in [0.1, 0.15) is 0 Å². The van der Waals surface area contributed by atoms with Crippen LogP contribution in [0.25, 0.3) is 0 Å². The Morgan fingerprint density at radius 3 is 2.40 bits per heavy atom. The summed E-state index contributed by atoms with van der Waals surface area (Å²) in [5, 5.41) is 8.21. The summed E-state index contributed by atoms with van der Waals surface area (Å²) in [7, 11) is 0. The summed E-state index contributed by atoms with van der Waals surface area (Å²) in [6, 6.07) is 0. The summed E-state index contributed by atoms with van der Waals surface area (Å²) in [5.41, 5.74) is 2.26. The smallest absolute Gasteiger partial charge is 0.152 e. The van der Waals surface area contributed by atoms with Crippen molar-refractivity contribution in [1.82, 2.24) is 5.48 Å². The van der Waals surface area contributed by atoms with Gasteiger partial charge in [0.2, 0.25) is 0 Å². The van der Waals surface area contributed by atoms with E-state index >= 15 is 0 Å². The highest BCUT2D eigenvalue weighted by atomic mass is 16.7.